The molecule has 0 aliphatic heterocycles. The number of rotatable bonds is 2. The number of esters is 1. The molecular weight excluding hydrogens is 367 g/mol. The number of hydrogen-bond acceptors (Lipinski definition) is 4. The fourth-order valence-electron chi connectivity index (χ4n) is 1.51. The summed E-state index contributed by atoms with van der Waals surface area (Å²) in [7, 11) is 0. The third-order valence-electron chi connectivity index (χ3n) is 2.42. The van der Waals surface area contributed by atoms with Crippen molar-refractivity contribution in [2.45, 2.75) is 13.8 Å². The van der Waals surface area contributed by atoms with E-state index in [-0.39, 0.29) is 5.56 Å². The zero-order valence-corrected chi connectivity index (χ0v) is 12.7. The zero-order chi connectivity index (χ0) is 13.3. The molecule has 0 aliphatic rings. The lowest BCUT2D eigenvalue weighted by molar-refractivity contribution is 0.0526. The SMILES string of the molecule is CCOC(=O)c1cnc2nc(C)c(I)cc2c1Cl. The molecule has 2 rings (SSSR count). The van der Waals surface area contributed by atoms with Gasteiger partial charge in [-0.2, -0.15) is 0 Å². The molecule has 4 nitrogen and oxygen atoms in total. The maximum absolute atomic E-state index is 11.7. The summed E-state index contributed by atoms with van der Waals surface area (Å²) in [5.74, 6) is -0.465. The van der Waals surface area contributed by atoms with E-state index in [1.54, 1.807) is 6.92 Å². The molecule has 0 aliphatic carbocycles. The van der Waals surface area contributed by atoms with Crippen LogP contribution < -0.4 is 0 Å². The third kappa shape index (κ3) is 2.42. The average molecular weight is 377 g/mol. The van der Waals surface area contributed by atoms with Crippen molar-refractivity contribution >= 4 is 51.2 Å². The van der Waals surface area contributed by atoms with Crippen LogP contribution in [0.25, 0.3) is 11.0 Å². The maximum atomic E-state index is 11.7. The van der Waals surface area contributed by atoms with Crippen molar-refractivity contribution in [2.75, 3.05) is 6.61 Å². The van der Waals surface area contributed by atoms with Crippen molar-refractivity contribution < 1.29 is 9.53 Å². The average Bonchev–Trinajstić information content (AvgIpc) is 2.32. The number of ether oxygens (including phenoxy) is 1. The van der Waals surface area contributed by atoms with Gasteiger partial charge in [0, 0.05) is 15.2 Å². The molecule has 0 fully saturated rings. The lowest BCUT2D eigenvalue weighted by Crippen LogP contribution is -2.06. The molecule has 0 saturated heterocycles. The Morgan fingerprint density at radius 2 is 2.28 bits per heavy atom. The van der Waals surface area contributed by atoms with E-state index in [2.05, 4.69) is 32.6 Å². The summed E-state index contributed by atoms with van der Waals surface area (Å²) >= 11 is 8.38. The van der Waals surface area contributed by atoms with E-state index in [4.69, 9.17) is 16.3 Å². The monoisotopic (exact) mass is 376 g/mol. The van der Waals surface area contributed by atoms with Gasteiger partial charge in [-0.3, -0.25) is 0 Å². The molecule has 2 heterocycles. The summed E-state index contributed by atoms with van der Waals surface area (Å²) in [5.41, 5.74) is 1.69. The predicted octanol–water partition coefficient (Wildman–Crippen LogP) is 3.37. The van der Waals surface area contributed by atoms with Gasteiger partial charge in [0.25, 0.3) is 0 Å². The number of carbonyl (C=O) groups excluding carboxylic acids is 1. The van der Waals surface area contributed by atoms with Crippen LogP contribution in [0.15, 0.2) is 12.3 Å². The highest BCUT2D eigenvalue weighted by Gasteiger charge is 2.16. The minimum absolute atomic E-state index is 0.271. The molecular formula is C12H10ClIN2O2. The molecule has 0 saturated carbocycles. The Labute approximate surface area is 123 Å². The number of aromatic nitrogens is 2. The molecule has 0 bridgehead atoms. The van der Waals surface area contributed by atoms with E-state index in [9.17, 15) is 4.79 Å². The second-order valence-corrected chi connectivity index (χ2v) is 5.17. The summed E-state index contributed by atoms with van der Waals surface area (Å²) in [5, 5.41) is 1.00. The van der Waals surface area contributed by atoms with Crippen LogP contribution in [0, 0.1) is 10.5 Å². The number of halogens is 2. The Hall–Kier alpha value is -0.950. The van der Waals surface area contributed by atoms with Crippen LogP contribution in [0.4, 0.5) is 0 Å². The summed E-state index contributed by atoms with van der Waals surface area (Å²) in [6.07, 6.45) is 1.40. The van der Waals surface area contributed by atoms with Crippen LogP contribution in [0.5, 0.6) is 0 Å². The summed E-state index contributed by atoms with van der Waals surface area (Å²) in [4.78, 5) is 20.2. The van der Waals surface area contributed by atoms with Gasteiger partial charge in [0.2, 0.25) is 0 Å². The maximum Gasteiger partial charge on any atom is 0.341 e. The van der Waals surface area contributed by atoms with Crippen LogP contribution >= 0.6 is 34.2 Å². The number of hydrogen-bond donors (Lipinski definition) is 0. The fourth-order valence-corrected chi connectivity index (χ4v) is 2.20. The van der Waals surface area contributed by atoms with Crippen LogP contribution in [0.2, 0.25) is 5.02 Å². The van der Waals surface area contributed by atoms with Crippen molar-refractivity contribution in [3.63, 3.8) is 0 Å². The molecule has 6 heteroatoms. The second kappa shape index (κ2) is 5.36. The lowest BCUT2D eigenvalue weighted by Gasteiger charge is -2.07. The summed E-state index contributed by atoms with van der Waals surface area (Å²) in [6.45, 7) is 3.95. The van der Waals surface area contributed by atoms with Gasteiger partial charge in [0.05, 0.1) is 22.9 Å². The standard InChI is InChI=1S/C12H10ClIN2O2/c1-3-18-12(17)8-5-15-11-7(10(8)13)4-9(14)6(2)16-11/h4-5H,3H2,1-2H3. The Balaban J connectivity index is 2.63. The molecule has 0 radical (unpaired) electrons. The van der Waals surface area contributed by atoms with Crippen LogP contribution in [0.1, 0.15) is 23.0 Å². The molecule has 0 amide bonds. The van der Waals surface area contributed by atoms with Gasteiger partial charge in [0.1, 0.15) is 0 Å². The van der Waals surface area contributed by atoms with Gasteiger partial charge in [-0.05, 0) is 42.5 Å². The van der Waals surface area contributed by atoms with Crippen molar-refractivity contribution in [2.24, 2.45) is 0 Å². The van der Waals surface area contributed by atoms with Gasteiger partial charge < -0.3 is 4.74 Å². The largest absolute Gasteiger partial charge is 0.462 e. The van der Waals surface area contributed by atoms with Crippen molar-refractivity contribution in [1.82, 2.24) is 9.97 Å². The molecule has 0 spiro atoms. The molecule has 0 atom stereocenters. The Morgan fingerprint density at radius 3 is 2.94 bits per heavy atom. The summed E-state index contributed by atoms with van der Waals surface area (Å²) in [6, 6.07) is 1.87. The quantitative estimate of drug-likeness (QED) is 0.596. The van der Waals surface area contributed by atoms with Gasteiger partial charge in [-0.15, -0.1) is 0 Å². The normalized spacial score (nSPS) is 10.7. The van der Waals surface area contributed by atoms with Crippen LogP contribution in [-0.4, -0.2) is 22.5 Å². The van der Waals surface area contributed by atoms with E-state index in [1.807, 2.05) is 13.0 Å². The third-order valence-corrected chi connectivity index (χ3v) is 3.91. The van der Waals surface area contributed by atoms with Crippen LogP contribution in [0.3, 0.4) is 0 Å². The molecule has 94 valence electrons. The summed E-state index contributed by atoms with van der Waals surface area (Å²) < 4.78 is 5.90. The van der Waals surface area contributed by atoms with Gasteiger partial charge in [0.15, 0.2) is 5.65 Å². The molecule has 0 aromatic carbocycles. The minimum atomic E-state index is -0.465. The first-order chi connectivity index (χ1) is 8.54. The first-order valence-electron chi connectivity index (χ1n) is 5.33. The smallest absolute Gasteiger partial charge is 0.341 e. The van der Waals surface area contributed by atoms with E-state index >= 15 is 0 Å². The molecule has 18 heavy (non-hydrogen) atoms. The van der Waals surface area contributed by atoms with Gasteiger partial charge >= 0.3 is 5.97 Å². The van der Waals surface area contributed by atoms with Crippen LogP contribution in [-0.2, 0) is 4.74 Å². The number of carbonyl (C=O) groups is 1. The van der Waals surface area contributed by atoms with Crippen molar-refractivity contribution in [1.29, 1.82) is 0 Å². The predicted molar refractivity (Wildman–Crippen MR) is 78.0 cm³/mol. The number of aryl methyl sites for hydroxylation is 1. The number of pyridine rings is 2. The topological polar surface area (TPSA) is 52.1 Å². The first kappa shape index (κ1) is 13.5. The first-order valence-corrected chi connectivity index (χ1v) is 6.78. The second-order valence-electron chi connectivity index (χ2n) is 3.63. The van der Waals surface area contributed by atoms with E-state index in [1.165, 1.54) is 6.20 Å². The highest BCUT2D eigenvalue weighted by molar-refractivity contribution is 14.1. The Morgan fingerprint density at radius 1 is 1.56 bits per heavy atom. The van der Waals surface area contributed by atoms with Gasteiger partial charge in [-0.1, -0.05) is 11.6 Å². The molecule has 0 unspecified atom stereocenters. The fraction of sp³-hybridized carbons (Fsp3) is 0.250. The van der Waals surface area contributed by atoms with Gasteiger partial charge in [-0.25, -0.2) is 14.8 Å². The molecule has 2 aromatic rings. The highest BCUT2D eigenvalue weighted by atomic mass is 127. The molecule has 2 aromatic heterocycles. The highest BCUT2D eigenvalue weighted by Crippen LogP contribution is 2.27. The number of nitrogens with zero attached hydrogens (tertiary/aromatic N) is 2. The van der Waals surface area contributed by atoms with E-state index < -0.39 is 5.97 Å². The zero-order valence-electron chi connectivity index (χ0n) is 9.83. The Bertz CT molecular complexity index is 631. The van der Waals surface area contributed by atoms with Crippen molar-refractivity contribution in [3.05, 3.63) is 32.1 Å². The number of fused-ring (bicyclic) bond motifs is 1. The minimum Gasteiger partial charge on any atom is -0.462 e. The van der Waals surface area contributed by atoms with E-state index in [0.717, 1.165) is 9.26 Å². The Kier molecular flexibility index (Phi) is 4.01. The molecule has 0 N–H and O–H groups in total. The van der Waals surface area contributed by atoms with E-state index in [0.29, 0.717) is 22.7 Å². The van der Waals surface area contributed by atoms with Crippen molar-refractivity contribution in [3.8, 4) is 0 Å². The lowest BCUT2D eigenvalue weighted by atomic mass is 10.2.